The fraction of sp³-hybridized carbons (Fsp3) is 0.533. The molecule has 0 bridgehead atoms. The summed E-state index contributed by atoms with van der Waals surface area (Å²) in [6.07, 6.45) is -0.221. The number of rotatable bonds is 1. The third-order valence-corrected chi connectivity index (χ3v) is 4.59. The molecule has 1 saturated heterocycles. The van der Waals surface area contributed by atoms with Crippen LogP contribution >= 0.6 is 0 Å². The first-order valence-corrected chi connectivity index (χ1v) is 7.04. The zero-order chi connectivity index (χ0) is 14.4. The van der Waals surface area contributed by atoms with Gasteiger partial charge in [-0.1, -0.05) is 13.8 Å². The Morgan fingerprint density at radius 1 is 1.35 bits per heavy atom. The standard InChI is InChI=1S/C15H19FN2O2/c1-8-3-4-18(7-9(8)2)13-6-12-10(5-11(13)16)14(19)15(20)17-12/h5-6,8-9,14,19H,3-4,7H2,1-2H3,(H,17,20). The van der Waals surface area contributed by atoms with Crippen LogP contribution in [0.2, 0.25) is 0 Å². The van der Waals surface area contributed by atoms with Crippen LogP contribution < -0.4 is 10.2 Å². The second-order valence-corrected chi connectivity index (χ2v) is 5.97. The number of anilines is 2. The lowest BCUT2D eigenvalue weighted by Crippen LogP contribution is -2.38. The minimum Gasteiger partial charge on any atom is -0.378 e. The Morgan fingerprint density at radius 3 is 2.80 bits per heavy atom. The van der Waals surface area contributed by atoms with Gasteiger partial charge in [-0.25, -0.2) is 4.39 Å². The highest BCUT2D eigenvalue weighted by atomic mass is 19.1. The Morgan fingerprint density at radius 2 is 2.10 bits per heavy atom. The molecule has 2 heterocycles. The van der Waals surface area contributed by atoms with E-state index in [0.717, 1.165) is 19.5 Å². The zero-order valence-corrected chi connectivity index (χ0v) is 11.7. The highest BCUT2D eigenvalue weighted by Gasteiger charge is 2.32. The molecule has 0 aliphatic carbocycles. The van der Waals surface area contributed by atoms with Crippen LogP contribution in [0.15, 0.2) is 12.1 Å². The molecule has 2 aliphatic rings. The molecule has 2 N–H and O–H groups in total. The molecule has 5 heteroatoms. The van der Waals surface area contributed by atoms with Crippen LogP contribution in [0.25, 0.3) is 0 Å². The number of fused-ring (bicyclic) bond motifs is 1. The van der Waals surface area contributed by atoms with Crippen molar-refractivity contribution in [2.24, 2.45) is 11.8 Å². The third-order valence-electron chi connectivity index (χ3n) is 4.59. The van der Waals surface area contributed by atoms with E-state index >= 15 is 0 Å². The van der Waals surface area contributed by atoms with Crippen LogP contribution in [0.3, 0.4) is 0 Å². The van der Waals surface area contributed by atoms with Gasteiger partial charge in [-0.2, -0.15) is 0 Å². The van der Waals surface area contributed by atoms with Gasteiger partial charge in [0.1, 0.15) is 5.82 Å². The van der Waals surface area contributed by atoms with Gasteiger partial charge in [0.15, 0.2) is 6.10 Å². The van der Waals surface area contributed by atoms with Gasteiger partial charge >= 0.3 is 0 Å². The van der Waals surface area contributed by atoms with E-state index in [4.69, 9.17) is 0 Å². The molecule has 3 rings (SSSR count). The van der Waals surface area contributed by atoms with Gasteiger partial charge in [0.05, 0.1) is 5.69 Å². The number of piperidine rings is 1. The monoisotopic (exact) mass is 278 g/mol. The Hall–Kier alpha value is -1.62. The molecule has 1 amide bonds. The lowest BCUT2D eigenvalue weighted by atomic mass is 9.88. The first kappa shape index (κ1) is 13.4. The molecule has 20 heavy (non-hydrogen) atoms. The van der Waals surface area contributed by atoms with Crippen molar-refractivity contribution in [2.75, 3.05) is 23.3 Å². The molecular weight excluding hydrogens is 259 g/mol. The van der Waals surface area contributed by atoms with Crippen molar-refractivity contribution in [3.63, 3.8) is 0 Å². The molecule has 1 aromatic rings. The van der Waals surface area contributed by atoms with Crippen molar-refractivity contribution in [3.8, 4) is 0 Å². The van der Waals surface area contributed by atoms with E-state index in [1.165, 1.54) is 6.07 Å². The van der Waals surface area contributed by atoms with Crippen molar-refractivity contribution in [2.45, 2.75) is 26.4 Å². The Kier molecular flexibility index (Phi) is 3.17. The van der Waals surface area contributed by atoms with Gasteiger partial charge in [0, 0.05) is 24.3 Å². The first-order chi connectivity index (χ1) is 9.47. The van der Waals surface area contributed by atoms with E-state index in [0.29, 0.717) is 28.8 Å². The number of carbonyl (C=O) groups is 1. The lowest BCUT2D eigenvalue weighted by molar-refractivity contribution is -0.123. The van der Waals surface area contributed by atoms with Crippen LogP contribution in [-0.2, 0) is 4.79 Å². The normalized spacial score (nSPS) is 29.3. The van der Waals surface area contributed by atoms with Crippen LogP contribution in [0, 0.1) is 17.7 Å². The number of hydrogen-bond acceptors (Lipinski definition) is 3. The Balaban J connectivity index is 1.92. The first-order valence-electron chi connectivity index (χ1n) is 7.04. The largest absolute Gasteiger partial charge is 0.378 e. The van der Waals surface area contributed by atoms with Gasteiger partial charge in [-0.3, -0.25) is 4.79 Å². The van der Waals surface area contributed by atoms with E-state index in [-0.39, 0.29) is 5.82 Å². The molecule has 3 unspecified atom stereocenters. The second kappa shape index (κ2) is 4.74. The third kappa shape index (κ3) is 2.06. The molecule has 2 aliphatic heterocycles. The number of nitrogens with zero attached hydrogens (tertiary/aromatic N) is 1. The highest BCUT2D eigenvalue weighted by Crippen LogP contribution is 2.37. The Bertz CT molecular complexity index is 561. The van der Waals surface area contributed by atoms with Crippen LogP contribution in [0.5, 0.6) is 0 Å². The number of hydrogen-bond donors (Lipinski definition) is 2. The lowest BCUT2D eigenvalue weighted by Gasteiger charge is -2.37. The number of halogens is 1. The van der Waals surface area contributed by atoms with Crippen molar-refractivity contribution in [1.82, 2.24) is 0 Å². The van der Waals surface area contributed by atoms with Gasteiger partial charge in [-0.05, 0) is 30.4 Å². The minimum atomic E-state index is -1.26. The SMILES string of the molecule is CC1CCN(c2cc3c(cc2F)C(O)C(=O)N3)CC1C. The molecule has 0 aromatic heterocycles. The maximum Gasteiger partial charge on any atom is 0.257 e. The molecule has 4 nitrogen and oxygen atoms in total. The van der Waals surface area contributed by atoms with Gasteiger partial charge < -0.3 is 15.3 Å². The fourth-order valence-corrected chi connectivity index (χ4v) is 2.98. The van der Waals surface area contributed by atoms with Crippen LogP contribution in [0.4, 0.5) is 15.8 Å². The quantitative estimate of drug-likeness (QED) is 0.828. The zero-order valence-electron chi connectivity index (χ0n) is 11.7. The van der Waals surface area contributed by atoms with E-state index in [1.54, 1.807) is 6.07 Å². The summed E-state index contributed by atoms with van der Waals surface area (Å²) in [5.74, 6) is 0.292. The number of carbonyl (C=O) groups excluding carboxylic acids is 1. The van der Waals surface area contributed by atoms with Crippen molar-refractivity contribution >= 4 is 17.3 Å². The van der Waals surface area contributed by atoms with Gasteiger partial charge in [0.25, 0.3) is 5.91 Å². The molecule has 0 spiro atoms. The van der Waals surface area contributed by atoms with E-state index in [2.05, 4.69) is 19.2 Å². The van der Waals surface area contributed by atoms with E-state index < -0.39 is 12.0 Å². The smallest absolute Gasteiger partial charge is 0.257 e. The molecule has 3 atom stereocenters. The number of nitrogens with one attached hydrogen (secondary N) is 1. The molecule has 1 aromatic carbocycles. The fourth-order valence-electron chi connectivity index (χ4n) is 2.98. The summed E-state index contributed by atoms with van der Waals surface area (Å²) >= 11 is 0. The van der Waals surface area contributed by atoms with Gasteiger partial charge in [-0.15, -0.1) is 0 Å². The molecule has 0 saturated carbocycles. The van der Waals surface area contributed by atoms with Crippen molar-refractivity contribution < 1.29 is 14.3 Å². The summed E-state index contributed by atoms with van der Waals surface area (Å²) in [6.45, 7) is 6.02. The van der Waals surface area contributed by atoms with Crippen molar-refractivity contribution in [1.29, 1.82) is 0 Å². The van der Waals surface area contributed by atoms with E-state index in [9.17, 15) is 14.3 Å². The number of amides is 1. The molecular formula is C15H19FN2O2. The van der Waals surface area contributed by atoms with Gasteiger partial charge in [0.2, 0.25) is 0 Å². The average molecular weight is 278 g/mol. The number of aliphatic hydroxyl groups excluding tert-OH is 1. The second-order valence-electron chi connectivity index (χ2n) is 5.97. The predicted molar refractivity (Wildman–Crippen MR) is 75.1 cm³/mol. The molecule has 1 fully saturated rings. The van der Waals surface area contributed by atoms with E-state index in [1.807, 2.05) is 4.90 Å². The molecule has 0 radical (unpaired) electrons. The summed E-state index contributed by atoms with van der Waals surface area (Å²) in [7, 11) is 0. The summed E-state index contributed by atoms with van der Waals surface area (Å²) in [5.41, 5.74) is 1.36. The topological polar surface area (TPSA) is 52.6 Å². The predicted octanol–water partition coefficient (Wildman–Crippen LogP) is 2.29. The van der Waals surface area contributed by atoms with Crippen LogP contribution in [-0.4, -0.2) is 24.1 Å². The maximum atomic E-state index is 14.3. The number of benzene rings is 1. The summed E-state index contributed by atoms with van der Waals surface area (Å²) in [4.78, 5) is 13.5. The average Bonchev–Trinajstić information content (AvgIpc) is 2.68. The molecule has 108 valence electrons. The summed E-state index contributed by atoms with van der Waals surface area (Å²) < 4.78 is 14.3. The minimum absolute atomic E-state index is 0.328. The Labute approximate surface area is 117 Å². The summed E-state index contributed by atoms with van der Waals surface area (Å²) in [6, 6.07) is 2.91. The maximum absolute atomic E-state index is 14.3. The summed E-state index contributed by atoms with van der Waals surface area (Å²) in [5, 5.41) is 12.3. The highest BCUT2D eigenvalue weighted by molar-refractivity contribution is 6.02. The van der Waals surface area contributed by atoms with Crippen molar-refractivity contribution in [3.05, 3.63) is 23.5 Å². The number of aliphatic hydroxyl groups is 1. The van der Waals surface area contributed by atoms with Crippen LogP contribution in [0.1, 0.15) is 31.9 Å².